The molecule has 1 aliphatic rings. The van der Waals surface area contributed by atoms with Gasteiger partial charge in [0.2, 0.25) is 0 Å². The molecule has 5 nitrogen and oxygen atoms in total. The van der Waals surface area contributed by atoms with Crippen LogP contribution < -0.4 is 16.0 Å². The number of halogens is 1. The number of carbonyl (C=O) groups excluding carboxylic acids is 1. The molecule has 3 rings (SSSR count). The molecular formula is C19H23ClN4O. The summed E-state index contributed by atoms with van der Waals surface area (Å²) in [6.07, 6.45) is 0. The maximum atomic E-state index is 12.1. The summed E-state index contributed by atoms with van der Waals surface area (Å²) in [6.45, 7) is 5.34. The van der Waals surface area contributed by atoms with Crippen LogP contribution in [0.2, 0.25) is 5.02 Å². The molecule has 0 bridgehead atoms. The van der Waals surface area contributed by atoms with Crippen molar-refractivity contribution in [3.63, 3.8) is 0 Å². The van der Waals surface area contributed by atoms with Gasteiger partial charge in [0.05, 0.1) is 0 Å². The van der Waals surface area contributed by atoms with Gasteiger partial charge in [-0.05, 0) is 36.4 Å². The predicted octanol–water partition coefficient (Wildman–Crippen LogP) is 2.47. The number of nitrogens with one attached hydrogen (secondary N) is 1. The van der Waals surface area contributed by atoms with Crippen LogP contribution in [0.4, 0.5) is 11.4 Å². The highest BCUT2D eigenvalue weighted by Crippen LogP contribution is 2.20. The van der Waals surface area contributed by atoms with Crippen LogP contribution in [0.15, 0.2) is 48.5 Å². The summed E-state index contributed by atoms with van der Waals surface area (Å²) in [4.78, 5) is 16.8. The maximum absolute atomic E-state index is 12.1. The van der Waals surface area contributed by atoms with Crippen LogP contribution in [0.1, 0.15) is 10.4 Å². The first-order valence-corrected chi connectivity index (χ1v) is 8.86. The van der Waals surface area contributed by atoms with Gasteiger partial charge in [0.25, 0.3) is 5.91 Å². The summed E-state index contributed by atoms with van der Waals surface area (Å²) in [6, 6.07) is 15.0. The molecule has 0 aliphatic carbocycles. The Morgan fingerprint density at radius 2 is 1.84 bits per heavy atom. The smallest absolute Gasteiger partial charge is 0.251 e. The van der Waals surface area contributed by atoms with Gasteiger partial charge in [0, 0.05) is 61.2 Å². The van der Waals surface area contributed by atoms with E-state index in [1.54, 1.807) is 24.3 Å². The van der Waals surface area contributed by atoms with Crippen LogP contribution >= 0.6 is 11.6 Å². The zero-order valence-electron chi connectivity index (χ0n) is 14.1. The first kappa shape index (κ1) is 17.6. The van der Waals surface area contributed by atoms with Gasteiger partial charge in [-0.2, -0.15) is 0 Å². The fourth-order valence-electron chi connectivity index (χ4n) is 3.01. The number of piperazine rings is 1. The van der Waals surface area contributed by atoms with Crippen molar-refractivity contribution in [2.45, 2.75) is 0 Å². The van der Waals surface area contributed by atoms with E-state index in [0.29, 0.717) is 17.8 Å². The molecule has 1 aliphatic heterocycles. The average molecular weight is 359 g/mol. The molecule has 0 radical (unpaired) electrons. The predicted molar refractivity (Wildman–Crippen MR) is 103 cm³/mol. The number of hydrogen-bond acceptors (Lipinski definition) is 4. The molecule has 0 unspecified atom stereocenters. The molecule has 25 heavy (non-hydrogen) atoms. The van der Waals surface area contributed by atoms with Crippen LogP contribution in [0.25, 0.3) is 0 Å². The molecule has 3 N–H and O–H groups in total. The van der Waals surface area contributed by atoms with Crippen LogP contribution in [-0.2, 0) is 0 Å². The van der Waals surface area contributed by atoms with Crippen LogP contribution in [-0.4, -0.2) is 50.1 Å². The topological polar surface area (TPSA) is 61.6 Å². The first-order chi connectivity index (χ1) is 12.1. The highest BCUT2D eigenvalue weighted by atomic mass is 35.5. The van der Waals surface area contributed by atoms with Gasteiger partial charge in [-0.3, -0.25) is 9.69 Å². The number of hydrogen-bond donors (Lipinski definition) is 2. The van der Waals surface area contributed by atoms with E-state index in [-0.39, 0.29) is 5.91 Å². The highest BCUT2D eigenvalue weighted by Gasteiger charge is 2.17. The fraction of sp³-hybridized carbons (Fsp3) is 0.316. The number of rotatable bonds is 5. The van der Waals surface area contributed by atoms with Gasteiger partial charge in [-0.25, -0.2) is 0 Å². The molecule has 0 saturated carbocycles. The summed E-state index contributed by atoms with van der Waals surface area (Å²) < 4.78 is 0. The lowest BCUT2D eigenvalue weighted by Crippen LogP contribution is -2.48. The largest absolute Gasteiger partial charge is 0.399 e. The number of anilines is 2. The van der Waals surface area contributed by atoms with Crippen molar-refractivity contribution in [2.75, 3.05) is 49.9 Å². The fourth-order valence-corrected chi connectivity index (χ4v) is 3.20. The molecule has 2 aromatic rings. The Bertz CT molecular complexity index is 729. The average Bonchev–Trinajstić information content (AvgIpc) is 2.62. The van der Waals surface area contributed by atoms with Crippen molar-refractivity contribution in [2.24, 2.45) is 0 Å². The Morgan fingerprint density at radius 1 is 1.08 bits per heavy atom. The third kappa shape index (κ3) is 4.87. The molecule has 1 heterocycles. The quantitative estimate of drug-likeness (QED) is 0.806. The minimum absolute atomic E-state index is 0.0788. The summed E-state index contributed by atoms with van der Waals surface area (Å²) in [5.74, 6) is -0.0788. The van der Waals surface area contributed by atoms with Crippen LogP contribution in [0.3, 0.4) is 0 Å². The second kappa shape index (κ2) is 8.23. The molecule has 1 saturated heterocycles. The Labute approximate surface area is 153 Å². The van der Waals surface area contributed by atoms with E-state index in [0.717, 1.165) is 37.7 Å². The summed E-state index contributed by atoms with van der Waals surface area (Å²) in [5, 5.41) is 3.72. The van der Waals surface area contributed by atoms with Crippen molar-refractivity contribution in [1.82, 2.24) is 10.2 Å². The van der Waals surface area contributed by atoms with Crippen molar-refractivity contribution in [3.05, 3.63) is 59.1 Å². The Morgan fingerprint density at radius 3 is 2.56 bits per heavy atom. The van der Waals surface area contributed by atoms with Crippen LogP contribution in [0.5, 0.6) is 0 Å². The van der Waals surface area contributed by atoms with Crippen LogP contribution in [0, 0.1) is 0 Å². The molecule has 0 aromatic heterocycles. The first-order valence-electron chi connectivity index (χ1n) is 8.48. The lowest BCUT2D eigenvalue weighted by Gasteiger charge is -2.36. The molecule has 132 valence electrons. The summed E-state index contributed by atoms with van der Waals surface area (Å²) in [5.41, 5.74) is 8.08. The Hall–Kier alpha value is -2.24. The molecular weight excluding hydrogens is 336 g/mol. The van der Waals surface area contributed by atoms with E-state index < -0.39 is 0 Å². The molecule has 1 fully saturated rings. The van der Waals surface area contributed by atoms with Crippen molar-refractivity contribution >= 4 is 28.9 Å². The van der Waals surface area contributed by atoms with E-state index in [4.69, 9.17) is 17.3 Å². The number of carbonyl (C=O) groups is 1. The highest BCUT2D eigenvalue weighted by molar-refractivity contribution is 6.30. The van der Waals surface area contributed by atoms with Crippen molar-refractivity contribution in [3.8, 4) is 0 Å². The SMILES string of the molecule is Nc1cccc(C(=O)NCCN2CCN(c3cccc(Cl)c3)CC2)c1. The lowest BCUT2D eigenvalue weighted by atomic mass is 10.2. The van der Waals surface area contributed by atoms with Crippen molar-refractivity contribution in [1.29, 1.82) is 0 Å². The number of nitrogen functional groups attached to an aromatic ring is 1. The summed E-state index contributed by atoms with van der Waals surface area (Å²) >= 11 is 6.07. The molecule has 0 atom stereocenters. The Kier molecular flexibility index (Phi) is 5.79. The standard InChI is InChI=1S/C19H23ClN4O/c20-16-4-2-6-18(14-16)24-11-9-23(10-12-24)8-7-22-19(25)15-3-1-5-17(21)13-15/h1-6,13-14H,7-12,21H2,(H,22,25). The van der Waals surface area contributed by atoms with Gasteiger partial charge in [-0.1, -0.05) is 23.7 Å². The number of nitrogens with two attached hydrogens (primary N) is 1. The van der Waals surface area contributed by atoms with Gasteiger partial charge in [-0.15, -0.1) is 0 Å². The summed E-state index contributed by atoms with van der Waals surface area (Å²) in [7, 11) is 0. The molecule has 1 amide bonds. The minimum atomic E-state index is -0.0788. The van der Waals surface area contributed by atoms with Gasteiger partial charge < -0.3 is 16.0 Å². The second-order valence-electron chi connectivity index (χ2n) is 6.19. The Balaban J connectivity index is 1.41. The number of nitrogens with zero attached hydrogens (tertiary/aromatic N) is 2. The number of amides is 1. The second-order valence-corrected chi connectivity index (χ2v) is 6.63. The molecule has 2 aromatic carbocycles. The van der Waals surface area contributed by atoms with Gasteiger partial charge in [0.15, 0.2) is 0 Å². The normalized spacial score (nSPS) is 15.2. The monoisotopic (exact) mass is 358 g/mol. The molecule has 6 heteroatoms. The van der Waals surface area contributed by atoms with E-state index in [1.165, 1.54) is 5.69 Å². The van der Waals surface area contributed by atoms with E-state index in [1.807, 2.05) is 18.2 Å². The van der Waals surface area contributed by atoms with Crippen molar-refractivity contribution < 1.29 is 4.79 Å². The third-order valence-electron chi connectivity index (χ3n) is 4.41. The number of benzene rings is 2. The third-order valence-corrected chi connectivity index (χ3v) is 4.64. The maximum Gasteiger partial charge on any atom is 0.251 e. The molecule has 0 spiro atoms. The van der Waals surface area contributed by atoms with E-state index >= 15 is 0 Å². The zero-order valence-corrected chi connectivity index (χ0v) is 14.9. The minimum Gasteiger partial charge on any atom is -0.399 e. The van der Waals surface area contributed by atoms with E-state index in [2.05, 4.69) is 21.2 Å². The van der Waals surface area contributed by atoms with E-state index in [9.17, 15) is 4.79 Å². The van der Waals surface area contributed by atoms with Gasteiger partial charge in [0.1, 0.15) is 0 Å². The van der Waals surface area contributed by atoms with Gasteiger partial charge >= 0.3 is 0 Å². The lowest BCUT2D eigenvalue weighted by molar-refractivity contribution is 0.0948. The zero-order chi connectivity index (χ0) is 17.6.